The fourth-order valence-electron chi connectivity index (χ4n) is 6.29. The van der Waals surface area contributed by atoms with Crippen molar-refractivity contribution in [2.75, 3.05) is 31.1 Å². The first-order valence-electron chi connectivity index (χ1n) is 12.9. The van der Waals surface area contributed by atoms with Crippen LogP contribution in [0.3, 0.4) is 0 Å². The first-order valence-corrected chi connectivity index (χ1v) is 12.9. The van der Waals surface area contributed by atoms with Crippen LogP contribution < -0.4 is 4.90 Å². The zero-order valence-corrected chi connectivity index (χ0v) is 20.2. The molecule has 0 bridgehead atoms. The highest BCUT2D eigenvalue weighted by Gasteiger charge is 2.36. The second kappa shape index (κ2) is 10.1. The van der Waals surface area contributed by atoms with Gasteiger partial charge in [0, 0.05) is 43.2 Å². The predicted octanol–water partition coefficient (Wildman–Crippen LogP) is 6.93. The van der Waals surface area contributed by atoms with Gasteiger partial charge in [-0.15, -0.1) is 0 Å². The van der Waals surface area contributed by atoms with Crippen molar-refractivity contribution >= 4 is 5.69 Å². The van der Waals surface area contributed by atoms with Gasteiger partial charge in [0.15, 0.2) is 0 Å². The average molecular weight is 439 g/mol. The van der Waals surface area contributed by atoms with Gasteiger partial charge in [-0.2, -0.15) is 0 Å². The third kappa shape index (κ3) is 4.73. The number of fused-ring (bicyclic) bond motifs is 1. The highest BCUT2D eigenvalue weighted by atomic mass is 15.2. The molecule has 172 valence electrons. The lowest BCUT2D eigenvalue weighted by Crippen LogP contribution is -2.50. The van der Waals surface area contributed by atoms with Gasteiger partial charge in [-0.25, -0.2) is 0 Å². The summed E-state index contributed by atoms with van der Waals surface area (Å²) in [6.07, 6.45) is 3.68. The summed E-state index contributed by atoms with van der Waals surface area (Å²) in [6, 6.07) is 31.9. The molecule has 33 heavy (non-hydrogen) atoms. The second-order valence-corrected chi connectivity index (χ2v) is 10.1. The molecule has 5 rings (SSSR count). The van der Waals surface area contributed by atoms with Crippen LogP contribution in [0.25, 0.3) is 0 Å². The summed E-state index contributed by atoms with van der Waals surface area (Å²) in [4.78, 5) is 5.47. The molecule has 1 saturated heterocycles. The lowest BCUT2D eigenvalue weighted by atomic mass is 9.87. The molecule has 2 aliphatic rings. The van der Waals surface area contributed by atoms with Crippen LogP contribution in [0.15, 0.2) is 84.9 Å². The van der Waals surface area contributed by atoms with Gasteiger partial charge < -0.3 is 9.80 Å². The Kier molecular flexibility index (Phi) is 6.83. The predicted molar refractivity (Wildman–Crippen MR) is 140 cm³/mol. The Bertz CT molecular complexity index is 976. The summed E-state index contributed by atoms with van der Waals surface area (Å²) in [5, 5.41) is 0. The number of para-hydroxylation sites is 1. The Balaban J connectivity index is 1.24. The van der Waals surface area contributed by atoms with Crippen LogP contribution in [0.4, 0.5) is 5.69 Å². The standard InChI is InChI=1S/C31H38N2/c1-3-25-23-33(31-17-11-10-16-29(25)31)30-19-21-32(22-24(30)2)20-18-28(26-12-6-4-7-13-26)27-14-8-5-9-15-27/h4-17,24-25,28,30H,3,18-23H2,1-2H3. The van der Waals surface area contributed by atoms with Crippen molar-refractivity contribution in [1.29, 1.82) is 0 Å². The van der Waals surface area contributed by atoms with E-state index in [0.717, 1.165) is 0 Å². The molecule has 2 heterocycles. The van der Waals surface area contributed by atoms with Gasteiger partial charge in [0.1, 0.15) is 0 Å². The van der Waals surface area contributed by atoms with E-state index in [-0.39, 0.29) is 0 Å². The summed E-state index contributed by atoms with van der Waals surface area (Å²) < 4.78 is 0. The topological polar surface area (TPSA) is 6.48 Å². The number of hydrogen-bond acceptors (Lipinski definition) is 2. The van der Waals surface area contributed by atoms with Crippen LogP contribution >= 0.6 is 0 Å². The average Bonchev–Trinajstić information content (AvgIpc) is 3.24. The van der Waals surface area contributed by atoms with E-state index in [9.17, 15) is 0 Å². The summed E-state index contributed by atoms with van der Waals surface area (Å²) in [6.45, 7) is 9.60. The van der Waals surface area contributed by atoms with Gasteiger partial charge in [0.25, 0.3) is 0 Å². The summed E-state index contributed by atoms with van der Waals surface area (Å²) in [5.74, 6) is 1.86. The molecule has 0 aromatic heterocycles. The fourth-order valence-corrected chi connectivity index (χ4v) is 6.29. The zero-order chi connectivity index (χ0) is 22.6. The normalized spacial score (nSPS) is 23.1. The summed E-state index contributed by atoms with van der Waals surface area (Å²) in [7, 11) is 0. The molecule has 2 nitrogen and oxygen atoms in total. The lowest BCUT2D eigenvalue weighted by Gasteiger charge is -2.43. The van der Waals surface area contributed by atoms with Gasteiger partial charge in [0.2, 0.25) is 0 Å². The van der Waals surface area contributed by atoms with E-state index in [2.05, 4.69) is 109 Å². The molecule has 0 radical (unpaired) electrons. The number of benzene rings is 3. The number of hydrogen-bond donors (Lipinski definition) is 0. The van der Waals surface area contributed by atoms with Crippen LogP contribution in [-0.4, -0.2) is 37.1 Å². The van der Waals surface area contributed by atoms with Gasteiger partial charge in [-0.1, -0.05) is 92.7 Å². The van der Waals surface area contributed by atoms with Crippen LogP contribution in [-0.2, 0) is 0 Å². The maximum absolute atomic E-state index is 2.75. The Labute approximate surface area is 200 Å². The number of rotatable bonds is 7. The lowest BCUT2D eigenvalue weighted by molar-refractivity contribution is 0.157. The largest absolute Gasteiger partial charge is 0.367 e. The van der Waals surface area contributed by atoms with Crippen molar-refractivity contribution in [2.45, 2.75) is 51.0 Å². The van der Waals surface area contributed by atoms with Crippen molar-refractivity contribution in [3.63, 3.8) is 0 Å². The van der Waals surface area contributed by atoms with E-state index in [1.54, 1.807) is 5.56 Å². The third-order valence-corrected chi connectivity index (χ3v) is 8.08. The molecule has 2 heteroatoms. The molecular weight excluding hydrogens is 400 g/mol. The minimum Gasteiger partial charge on any atom is -0.367 e. The smallest absolute Gasteiger partial charge is 0.0405 e. The van der Waals surface area contributed by atoms with Crippen molar-refractivity contribution in [3.8, 4) is 0 Å². The second-order valence-electron chi connectivity index (χ2n) is 10.1. The Morgan fingerprint density at radius 1 is 0.818 bits per heavy atom. The van der Waals surface area contributed by atoms with Gasteiger partial charge >= 0.3 is 0 Å². The van der Waals surface area contributed by atoms with Crippen molar-refractivity contribution in [3.05, 3.63) is 102 Å². The molecule has 3 aromatic carbocycles. The van der Waals surface area contributed by atoms with E-state index in [1.165, 1.54) is 62.3 Å². The molecule has 3 atom stereocenters. The maximum Gasteiger partial charge on any atom is 0.0405 e. The maximum atomic E-state index is 2.75. The van der Waals surface area contributed by atoms with Crippen molar-refractivity contribution in [2.24, 2.45) is 5.92 Å². The SMILES string of the molecule is CCC1CN(C2CCN(CCC(c3ccccc3)c3ccccc3)CC2C)c2ccccc21. The number of likely N-dealkylation sites (tertiary alicyclic amines) is 1. The van der Waals surface area contributed by atoms with Crippen LogP contribution in [0.2, 0.25) is 0 Å². The molecule has 0 spiro atoms. The molecule has 1 fully saturated rings. The van der Waals surface area contributed by atoms with Crippen LogP contribution in [0, 0.1) is 5.92 Å². The fraction of sp³-hybridized carbons (Fsp3) is 0.419. The van der Waals surface area contributed by atoms with E-state index in [1.807, 2.05) is 0 Å². The molecular formula is C31H38N2. The summed E-state index contributed by atoms with van der Waals surface area (Å²) >= 11 is 0. The first kappa shape index (κ1) is 22.2. The van der Waals surface area contributed by atoms with Crippen molar-refractivity contribution in [1.82, 2.24) is 4.90 Å². The number of anilines is 1. The Morgan fingerprint density at radius 3 is 2.09 bits per heavy atom. The summed E-state index contributed by atoms with van der Waals surface area (Å²) in [5.41, 5.74) is 5.95. The van der Waals surface area contributed by atoms with Crippen LogP contribution in [0.5, 0.6) is 0 Å². The van der Waals surface area contributed by atoms with Gasteiger partial charge in [-0.3, -0.25) is 0 Å². The number of nitrogens with zero attached hydrogens (tertiary/aromatic N) is 2. The third-order valence-electron chi connectivity index (χ3n) is 8.08. The molecule has 3 aromatic rings. The molecule has 0 amide bonds. The molecule has 0 N–H and O–H groups in total. The Morgan fingerprint density at radius 2 is 1.45 bits per heavy atom. The molecule has 3 unspecified atom stereocenters. The van der Waals surface area contributed by atoms with E-state index >= 15 is 0 Å². The van der Waals surface area contributed by atoms with E-state index in [0.29, 0.717) is 23.8 Å². The Hall–Kier alpha value is -2.58. The quantitative estimate of drug-likeness (QED) is 0.394. The van der Waals surface area contributed by atoms with Crippen LogP contribution in [0.1, 0.15) is 61.6 Å². The highest BCUT2D eigenvalue weighted by Crippen LogP contribution is 2.41. The highest BCUT2D eigenvalue weighted by molar-refractivity contribution is 5.61. The monoisotopic (exact) mass is 438 g/mol. The van der Waals surface area contributed by atoms with E-state index in [4.69, 9.17) is 0 Å². The minimum atomic E-state index is 0.469. The molecule has 0 saturated carbocycles. The molecule has 0 aliphatic carbocycles. The minimum absolute atomic E-state index is 0.469. The number of piperidine rings is 1. The zero-order valence-electron chi connectivity index (χ0n) is 20.2. The van der Waals surface area contributed by atoms with Gasteiger partial charge in [0.05, 0.1) is 0 Å². The van der Waals surface area contributed by atoms with Crippen molar-refractivity contribution < 1.29 is 0 Å². The first-order chi connectivity index (χ1) is 16.2. The van der Waals surface area contributed by atoms with Gasteiger partial charge in [-0.05, 0) is 54.5 Å². The molecule has 2 aliphatic heterocycles. The van der Waals surface area contributed by atoms with E-state index < -0.39 is 0 Å².